The van der Waals surface area contributed by atoms with Crippen molar-refractivity contribution in [1.29, 1.82) is 0 Å². The van der Waals surface area contributed by atoms with Crippen LogP contribution >= 0.6 is 15.9 Å². The van der Waals surface area contributed by atoms with Gasteiger partial charge in [0.05, 0.1) is 6.54 Å². The summed E-state index contributed by atoms with van der Waals surface area (Å²) in [6.07, 6.45) is 1.00. The number of hydrogen-bond donors (Lipinski definition) is 1. The summed E-state index contributed by atoms with van der Waals surface area (Å²) in [5.74, 6) is 1.10. The lowest BCUT2D eigenvalue weighted by atomic mass is 10.1. The van der Waals surface area contributed by atoms with Crippen molar-refractivity contribution in [2.45, 2.75) is 26.4 Å². The van der Waals surface area contributed by atoms with E-state index in [4.69, 9.17) is 4.74 Å². The molecule has 1 aromatic rings. The first kappa shape index (κ1) is 15.3. The summed E-state index contributed by atoms with van der Waals surface area (Å²) >= 11 is 3.47. The zero-order valence-corrected chi connectivity index (χ0v) is 13.6. The molecule has 1 aliphatic heterocycles. The van der Waals surface area contributed by atoms with Crippen molar-refractivity contribution in [3.05, 3.63) is 28.2 Å². The van der Waals surface area contributed by atoms with Crippen molar-refractivity contribution < 1.29 is 9.53 Å². The molecule has 0 saturated heterocycles. The Hall–Kier alpha value is -1.07. The van der Waals surface area contributed by atoms with Gasteiger partial charge in [0.1, 0.15) is 11.9 Å². The quantitative estimate of drug-likeness (QED) is 0.863. The number of halogens is 1. The van der Waals surface area contributed by atoms with Crippen LogP contribution in [0, 0.1) is 0 Å². The molecular formula is C15H21BrN2O2. The lowest BCUT2D eigenvalue weighted by Gasteiger charge is -2.19. The van der Waals surface area contributed by atoms with E-state index >= 15 is 0 Å². The fourth-order valence-electron chi connectivity index (χ4n) is 2.43. The average molecular weight is 341 g/mol. The highest BCUT2D eigenvalue weighted by Gasteiger charge is 2.22. The zero-order valence-electron chi connectivity index (χ0n) is 12.0. The summed E-state index contributed by atoms with van der Waals surface area (Å²) in [5, 5.41) is 3.20. The van der Waals surface area contributed by atoms with E-state index in [9.17, 15) is 4.79 Å². The van der Waals surface area contributed by atoms with E-state index in [1.54, 1.807) is 0 Å². The molecule has 1 aromatic carbocycles. The van der Waals surface area contributed by atoms with Crippen LogP contribution in [0.2, 0.25) is 0 Å². The molecule has 0 bridgehead atoms. The lowest BCUT2D eigenvalue weighted by molar-refractivity contribution is -0.129. The minimum atomic E-state index is 0.115. The summed E-state index contributed by atoms with van der Waals surface area (Å²) in [7, 11) is 0. The predicted molar refractivity (Wildman–Crippen MR) is 83.1 cm³/mol. The topological polar surface area (TPSA) is 41.6 Å². The molecule has 0 aromatic heterocycles. The van der Waals surface area contributed by atoms with Gasteiger partial charge in [-0.1, -0.05) is 15.9 Å². The number of fused-ring (bicyclic) bond motifs is 1. The molecule has 0 spiro atoms. The van der Waals surface area contributed by atoms with Gasteiger partial charge in [0.2, 0.25) is 5.91 Å². The third kappa shape index (κ3) is 3.73. The molecule has 1 unspecified atom stereocenters. The van der Waals surface area contributed by atoms with E-state index in [0.29, 0.717) is 13.1 Å². The van der Waals surface area contributed by atoms with Crippen LogP contribution in [0.4, 0.5) is 0 Å². The van der Waals surface area contributed by atoms with Gasteiger partial charge in [-0.2, -0.15) is 0 Å². The maximum atomic E-state index is 11.9. The molecule has 0 radical (unpaired) electrons. The monoisotopic (exact) mass is 340 g/mol. The molecule has 1 aliphatic rings. The number of carbonyl (C=O) groups excluding carboxylic acids is 1. The molecule has 110 valence electrons. The highest BCUT2D eigenvalue weighted by atomic mass is 79.9. The van der Waals surface area contributed by atoms with Crippen LogP contribution in [0.5, 0.6) is 5.75 Å². The van der Waals surface area contributed by atoms with Gasteiger partial charge in [0.15, 0.2) is 0 Å². The second kappa shape index (κ2) is 7.09. The van der Waals surface area contributed by atoms with Gasteiger partial charge in [-0.05, 0) is 37.6 Å². The van der Waals surface area contributed by atoms with Crippen LogP contribution < -0.4 is 10.1 Å². The number of hydrogen-bond acceptors (Lipinski definition) is 3. The van der Waals surface area contributed by atoms with Gasteiger partial charge >= 0.3 is 0 Å². The number of benzene rings is 1. The number of ether oxygens (including phenoxy) is 1. The number of rotatable bonds is 6. The Morgan fingerprint density at radius 1 is 1.45 bits per heavy atom. The summed E-state index contributed by atoms with van der Waals surface area (Å²) in [4.78, 5) is 13.7. The van der Waals surface area contributed by atoms with Gasteiger partial charge in [0, 0.05) is 30.5 Å². The van der Waals surface area contributed by atoms with Gasteiger partial charge in [-0.25, -0.2) is 0 Å². The standard InChI is InChI=1S/C15H21BrN2O2/c1-3-18(4-2)15(19)10-17-9-13-8-11-7-12(16)5-6-14(11)20-13/h5-7,13,17H,3-4,8-10H2,1-2H3. The number of amides is 1. The first-order chi connectivity index (χ1) is 9.63. The van der Waals surface area contributed by atoms with Crippen LogP contribution in [0.15, 0.2) is 22.7 Å². The number of carbonyl (C=O) groups is 1. The Kier molecular flexibility index (Phi) is 5.43. The Morgan fingerprint density at radius 2 is 2.20 bits per heavy atom. The molecule has 0 saturated carbocycles. The largest absolute Gasteiger partial charge is 0.488 e. The maximum Gasteiger partial charge on any atom is 0.236 e. The van der Waals surface area contributed by atoms with Gasteiger partial charge < -0.3 is 15.0 Å². The molecule has 5 heteroatoms. The van der Waals surface area contributed by atoms with Crippen molar-refractivity contribution in [3.63, 3.8) is 0 Å². The molecule has 0 aliphatic carbocycles. The van der Waals surface area contributed by atoms with Crippen molar-refractivity contribution >= 4 is 21.8 Å². The van der Waals surface area contributed by atoms with Crippen molar-refractivity contribution in [3.8, 4) is 5.75 Å². The van der Waals surface area contributed by atoms with Crippen LogP contribution in [-0.2, 0) is 11.2 Å². The highest BCUT2D eigenvalue weighted by molar-refractivity contribution is 9.10. The Balaban J connectivity index is 1.76. The molecule has 0 fully saturated rings. The fourth-order valence-corrected chi connectivity index (χ4v) is 2.84. The average Bonchev–Trinajstić information content (AvgIpc) is 2.82. The van der Waals surface area contributed by atoms with Crippen LogP contribution in [0.3, 0.4) is 0 Å². The first-order valence-corrected chi connectivity index (χ1v) is 7.86. The molecule has 2 rings (SSSR count). The number of likely N-dealkylation sites (N-methyl/N-ethyl adjacent to an activating group) is 1. The van der Waals surface area contributed by atoms with Crippen molar-refractivity contribution in [1.82, 2.24) is 10.2 Å². The number of nitrogens with one attached hydrogen (secondary N) is 1. The zero-order chi connectivity index (χ0) is 14.5. The summed E-state index contributed by atoms with van der Waals surface area (Å²) in [5.41, 5.74) is 1.22. The van der Waals surface area contributed by atoms with Crippen molar-refractivity contribution in [2.75, 3.05) is 26.2 Å². The molecule has 20 heavy (non-hydrogen) atoms. The van der Waals surface area contributed by atoms with Gasteiger partial charge in [-0.15, -0.1) is 0 Å². The third-order valence-electron chi connectivity index (χ3n) is 3.53. The molecular weight excluding hydrogens is 320 g/mol. The molecule has 1 amide bonds. The molecule has 4 nitrogen and oxygen atoms in total. The normalized spacial score (nSPS) is 16.6. The van der Waals surface area contributed by atoms with E-state index in [2.05, 4.69) is 27.3 Å². The van der Waals surface area contributed by atoms with E-state index in [1.807, 2.05) is 30.9 Å². The maximum absolute atomic E-state index is 11.9. The third-order valence-corrected chi connectivity index (χ3v) is 4.02. The van der Waals surface area contributed by atoms with E-state index in [-0.39, 0.29) is 12.0 Å². The van der Waals surface area contributed by atoms with E-state index < -0.39 is 0 Å². The highest BCUT2D eigenvalue weighted by Crippen LogP contribution is 2.30. The lowest BCUT2D eigenvalue weighted by Crippen LogP contribution is -2.40. The van der Waals surface area contributed by atoms with E-state index in [1.165, 1.54) is 5.56 Å². The van der Waals surface area contributed by atoms with Crippen LogP contribution in [0.25, 0.3) is 0 Å². The second-order valence-electron chi connectivity index (χ2n) is 4.89. The van der Waals surface area contributed by atoms with Crippen LogP contribution in [0.1, 0.15) is 19.4 Å². The van der Waals surface area contributed by atoms with Crippen molar-refractivity contribution in [2.24, 2.45) is 0 Å². The molecule has 1 N–H and O–H groups in total. The van der Waals surface area contributed by atoms with Crippen LogP contribution in [-0.4, -0.2) is 43.1 Å². The molecule has 1 heterocycles. The minimum Gasteiger partial charge on any atom is -0.488 e. The summed E-state index contributed by atoms with van der Waals surface area (Å²) in [6, 6.07) is 6.06. The minimum absolute atomic E-state index is 0.115. The SMILES string of the molecule is CCN(CC)C(=O)CNCC1Cc2cc(Br)ccc2O1. The molecule has 1 atom stereocenters. The fraction of sp³-hybridized carbons (Fsp3) is 0.533. The van der Waals surface area contributed by atoms with Gasteiger partial charge in [0.25, 0.3) is 0 Å². The number of nitrogens with zero attached hydrogens (tertiary/aromatic N) is 1. The van der Waals surface area contributed by atoms with E-state index in [0.717, 1.165) is 29.7 Å². The second-order valence-corrected chi connectivity index (χ2v) is 5.81. The first-order valence-electron chi connectivity index (χ1n) is 7.07. The summed E-state index contributed by atoms with van der Waals surface area (Å²) in [6.45, 7) is 6.58. The summed E-state index contributed by atoms with van der Waals surface area (Å²) < 4.78 is 6.92. The Bertz CT molecular complexity index is 475. The smallest absolute Gasteiger partial charge is 0.236 e. The predicted octanol–water partition coefficient (Wildman–Crippen LogP) is 2.21. The Morgan fingerprint density at radius 3 is 2.90 bits per heavy atom. The van der Waals surface area contributed by atoms with Gasteiger partial charge in [-0.3, -0.25) is 4.79 Å². The Labute approximate surface area is 128 Å².